The van der Waals surface area contributed by atoms with Gasteiger partial charge in [0.25, 0.3) is 11.5 Å². The zero-order chi connectivity index (χ0) is 26.1. The number of hydrogen-bond donors (Lipinski definition) is 0. The minimum absolute atomic E-state index is 0.122. The first-order valence-corrected chi connectivity index (χ1v) is 13.7. The summed E-state index contributed by atoms with van der Waals surface area (Å²) in [4.78, 5) is 31.1. The number of rotatable bonds is 6. The molecule has 4 heterocycles. The molecule has 2 aromatic rings. The number of nitrogens with zero attached hydrogens (tertiary/aromatic N) is 4. The fraction of sp³-hybridized carbons (Fsp3) is 0.407. The van der Waals surface area contributed by atoms with Crippen molar-refractivity contribution < 1.29 is 14.3 Å². The van der Waals surface area contributed by atoms with E-state index in [-0.39, 0.29) is 23.8 Å². The highest BCUT2D eigenvalue weighted by atomic mass is 32.2. The lowest BCUT2D eigenvalue weighted by molar-refractivity contribution is -0.122. The van der Waals surface area contributed by atoms with Crippen LogP contribution in [0.2, 0.25) is 0 Å². The first-order chi connectivity index (χ1) is 17.9. The quantitative estimate of drug-likeness (QED) is 0.392. The summed E-state index contributed by atoms with van der Waals surface area (Å²) >= 11 is 6.84. The zero-order valence-corrected chi connectivity index (χ0v) is 22.5. The molecule has 0 aliphatic carbocycles. The fourth-order valence-corrected chi connectivity index (χ4v) is 6.25. The third-order valence-electron chi connectivity index (χ3n) is 6.88. The van der Waals surface area contributed by atoms with Crippen molar-refractivity contribution in [3.8, 4) is 17.6 Å². The van der Waals surface area contributed by atoms with E-state index in [4.69, 9.17) is 21.7 Å². The van der Waals surface area contributed by atoms with Gasteiger partial charge >= 0.3 is 0 Å². The van der Waals surface area contributed by atoms with Crippen LogP contribution in [0.3, 0.4) is 0 Å². The Morgan fingerprint density at radius 3 is 2.65 bits per heavy atom. The number of thiocarbonyl (C=S) groups is 1. The summed E-state index contributed by atoms with van der Waals surface area (Å²) in [7, 11) is 0. The van der Waals surface area contributed by atoms with Crippen LogP contribution < -0.4 is 19.9 Å². The molecule has 1 aromatic heterocycles. The maximum Gasteiger partial charge on any atom is 0.270 e. The van der Waals surface area contributed by atoms with E-state index in [1.807, 2.05) is 31.2 Å². The van der Waals surface area contributed by atoms with E-state index in [0.29, 0.717) is 39.4 Å². The molecule has 0 atom stereocenters. The lowest BCUT2D eigenvalue weighted by Crippen LogP contribution is -2.37. The molecular weight excluding hydrogens is 508 g/mol. The number of nitriles is 1. The number of hydrogen-bond acceptors (Lipinski definition) is 8. The molecule has 3 aliphatic rings. The smallest absolute Gasteiger partial charge is 0.270 e. The minimum atomic E-state index is -0.269. The second kappa shape index (κ2) is 10.6. The Kier molecular flexibility index (Phi) is 7.26. The largest absolute Gasteiger partial charge is 0.454 e. The molecule has 37 heavy (non-hydrogen) atoms. The van der Waals surface area contributed by atoms with E-state index in [1.54, 1.807) is 16.4 Å². The van der Waals surface area contributed by atoms with Crippen LogP contribution in [0.5, 0.6) is 11.5 Å². The maximum atomic E-state index is 13.5. The second-order valence-corrected chi connectivity index (χ2v) is 11.0. The van der Waals surface area contributed by atoms with Crippen molar-refractivity contribution in [1.29, 1.82) is 5.26 Å². The van der Waals surface area contributed by atoms with Gasteiger partial charge in [-0.2, -0.15) is 5.26 Å². The monoisotopic (exact) mass is 536 g/mol. The summed E-state index contributed by atoms with van der Waals surface area (Å²) in [5.41, 5.74) is 2.08. The summed E-state index contributed by atoms with van der Waals surface area (Å²) in [6.45, 7) is 6.48. The maximum absolute atomic E-state index is 13.5. The number of piperidine rings is 1. The molecule has 0 saturated carbocycles. The van der Waals surface area contributed by atoms with Gasteiger partial charge in [0.15, 0.2) is 11.5 Å². The lowest BCUT2D eigenvalue weighted by atomic mass is 10.0. The average molecular weight is 537 g/mol. The van der Waals surface area contributed by atoms with Gasteiger partial charge in [-0.25, -0.2) is 0 Å². The Balaban J connectivity index is 1.55. The van der Waals surface area contributed by atoms with Gasteiger partial charge in [-0.1, -0.05) is 37.0 Å². The van der Waals surface area contributed by atoms with Crippen molar-refractivity contribution in [3.63, 3.8) is 0 Å². The molecule has 10 heteroatoms. The number of thioether (sulfide) groups is 1. The molecule has 2 fully saturated rings. The van der Waals surface area contributed by atoms with Gasteiger partial charge < -0.3 is 14.4 Å². The molecule has 1 amide bonds. The van der Waals surface area contributed by atoms with Gasteiger partial charge in [0.2, 0.25) is 6.79 Å². The van der Waals surface area contributed by atoms with Crippen molar-refractivity contribution >= 4 is 46.1 Å². The standard InChI is InChI=1S/C27H28N4O4S2/c1-3-9-30-24(29-10-5-4-6-11-29)19(17(2)20(14-28)25(30)32)13-23-26(33)31(27(36)37-23)15-18-7-8-21-22(12-18)35-16-34-21/h7-8,12-13H,3-6,9-11,15-16H2,1-2H3/b23-13-. The highest BCUT2D eigenvalue weighted by molar-refractivity contribution is 8.26. The molecule has 0 bridgehead atoms. The highest BCUT2D eigenvalue weighted by Gasteiger charge is 2.34. The van der Waals surface area contributed by atoms with Gasteiger partial charge in [0, 0.05) is 25.2 Å². The van der Waals surface area contributed by atoms with E-state index in [2.05, 4.69) is 11.0 Å². The number of carbonyl (C=O) groups is 1. The summed E-state index contributed by atoms with van der Waals surface area (Å²) in [6, 6.07) is 7.70. The van der Waals surface area contributed by atoms with Crippen LogP contribution in [0, 0.1) is 18.3 Å². The van der Waals surface area contributed by atoms with Gasteiger partial charge in [0.1, 0.15) is 21.8 Å². The van der Waals surface area contributed by atoms with Crippen LogP contribution in [-0.2, 0) is 17.9 Å². The zero-order valence-electron chi connectivity index (χ0n) is 20.9. The summed E-state index contributed by atoms with van der Waals surface area (Å²) in [6.07, 6.45) is 5.81. The predicted octanol–water partition coefficient (Wildman–Crippen LogP) is 4.56. The van der Waals surface area contributed by atoms with E-state index in [0.717, 1.165) is 55.7 Å². The van der Waals surface area contributed by atoms with E-state index < -0.39 is 0 Å². The van der Waals surface area contributed by atoms with Gasteiger partial charge in [0.05, 0.1) is 11.4 Å². The topological polar surface area (TPSA) is 87.8 Å². The SMILES string of the molecule is CCCn1c(N2CCCCC2)c(/C=C2\SC(=S)N(Cc3ccc4c(c3)OCO4)C2=O)c(C)c(C#N)c1=O. The molecule has 8 nitrogen and oxygen atoms in total. The summed E-state index contributed by atoms with van der Waals surface area (Å²) in [5.74, 6) is 1.94. The molecule has 0 radical (unpaired) electrons. The van der Waals surface area contributed by atoms with Crippen molar-refractivity contribution in [1.82, 2.24) is 9.47 Å². The first-order valence-electron chi connectivity index (χ1n) is 12.5. The number of pyridine rings is 1. The van der Waals surface area contributed by atoms with Crippen LogP contribution in [0.1, 0.15) is 54.9 Å². The third kappa shape index (κ3) is 4.74. The van der Waals surface area contributed by atoms with Crippen molar-refractivity contribution in [3.05, 3.63) is 55.7 Å². The second-order valence-electron chi connectivity index (χ2n) is 9.31. The van der Waals surface area contributed by atoms with Crippen LogP contribution in [0.4, 0.5) is 5.82 Å². The number of carbonyl (C=O) groups excluding carboxylic acids is 1. The highest BCUT2D eigenvalue weighted by Crippen LogP contribution is 2.38. The van der Waals surface area contributed by atoms with Crippen LogP contribution in [0.15, 0.2) is 27.9 Å². The van der Waals surface area contributed by atoms with Crippen molar-refractivity contribution in [2.75, 3.05) is 24.8 Å². The number of fused-ring (bicyclic) bond motifs is 1. The first kappa shape index (κ1) is 25.4. The third-order valence-corrected chi connectivity index (χ3v) is 8.25. The van der Waals surface area contributed by atoms with Crippen LogP contribution >= 0.6 is 24.0 Å². The molecule has 2 saturated heterocycles. The van der Waals surface area contributed by atoms with E-state index in [1.165, 1.54) is 11.8 Å². The molecule has 192 valence electrons. The number of benzene rings is 1. The number of anilines is 1. The minimum Gasteiger partial charge on any atom is -0.454 e. The van der Waals surface area contributed by atoms with Gasteiger partial charge in [-0.3, -0.25) is 19.1 Å². The molecule has 0 N–H and O–H groups in total. The Morgan fingerprint density at radius 1 is 1.16 bits per heavy atom. The van der Waals surface area contributed by atoms with Crippen LogP contribution in [0.25, 0.3) is 6.08 Å². The molecular formula is C27H28N4O4S2. The lowest BCUT2D eigenvalue weighted by Gasteiger charge is -2.33. The molecule has 0 unspecified atom stereocenters. The van der Waals surface area contributed by atoms with Gasteiger partial charge in [-0.15, -0.1) is 0 Å². The Morgan fingerprint density at radius 2 is 1.92 bits per heavy atom. The van der Waals surface area contributed by atoms with E-state index in [9.17, 15) is 14.9 Å². The summed E-state index contributed by atoms with van der Waals surface area (Å²) in [5, 5.41) is 9.83. The Bertz CT molecular complexity index is 1400. The molecule has 0 spiro atoms. The van der Waals surface area contributed by atoms with Crippen molar-refractivity contribution in [2.24, 2.45) is 0 Å². The Hall–Kier alpha value is -3.29. The molecule has 5 rings (SSSR count). The van der Waals surface area contributed by atoms with Gasteiger partial charge in [-0.05, 0) is 61.9 Å². The van der Waals surface area contributed by atoms with E-state index >= 15 is 0 Å². The van der Waals surface area contributed by atoms with Crippen LogP contribution in [-0.4, -0.2) is 39.6 Å². The molecule has 1 aromatic carbocycles. The Labute approximate surface area is 225 Å². The number of ether oxygens (including phenoxy) is 2. The average Bonchev–Trinajstić information content (AvgIpc) is 3.47. The molecule has 3 aliphatic heterocycles. The normalized spacial score (nSPS) is 18.1. The van der Waals surface area contributed by atoms with Crippen molar-refractivity contribution in [2.45, 2.75) is 52.6 Å². The number of aromatic nitrogens is 1. The fourth-order valence-electron chi connectivity index (χ4n) is 5.01. The number of amides is 1. The predicted molar refractivity (Wildman–Crippen MR) is 148 cm³/mol. The summed E-state index contributed by atoms with van der Waals surface area (Å²) < 4.78 is 13.0.